The lowest BCUT2D eigenvalue weighted by atomic mass is 9.72. The zero-order valence-electron chi connectivity index (χ0n) is 27.2. The molecule has 3 aromatic rings. The van der Waals surface area contributed by atoms with Gasteiger partial charge in [0.1, 0.15) is 12.2 Å². The Morgan fingerprint density at radius 3 is 2.59 bits per heavy atom. The van der Waals surface area contributed by atoms with Crippen LogP contribution in [0.1, 0.15) is 70.7 Å². The van der Waals surface area contributed by atoms with E-state index in [4.69, 9.17) is 14.2 Å². The number of benzene rings is 1. The molecule has 0 saturated carbocycles. The largest absolute Gasteiger partial charge is 0.484 e. The van der Waals surface area contributed by atoms with Gasteiger partial charge in [-0.3, -0.25) is 4.79 Å². The molecule has 2 amide bonds. The number of hydrogen-bond donors (Lipinski definition) is 3. The van der Waals surface area contributed by atoms with Crippen molar-refractivity contribution in [1.82, 2.24) is 25.0 Å². The Morgan fingerprint density at radius 1 is 1.17 bits per heavy atom. The molecule has 0 radical (unpaired) electrons. The Bertz CT molecular complexity index is 1540. The summed E-state index contributed by atoms with van der Waals surface area (Å²) in [5.74, 6) is 0.0574. The van der Waals surface area contributed by atoms with Gasteiger partial charge >= 0.3 is 13.2 Å². The standard InChI is InChI=1S/C33H44BN5O7/c1-6-26(34(42)43)31(23-12-14-27-25(20-23)22-37-39(27)30-11-7-8-18-45-30)24-13-15-29(36-21-24)44-19-17-38(16-9-10-28(40)35-5)32(41)46-33(2,3)4/h9-10,12-15,20-22,30,42-43H,6-8,11,16-19H2,1-5H3,(H,35,40)/b10-9+,31-26-. The van der Waals surface area contributed by atoms with Gasteiger partial charge in [-0.15, -0.1) is 0 Å². The van der Waals surface area contributed by atoms with E-state index in [1.165, 1.54) is 18.0 Å². The van der Waals surface area contributed by atoms with Crippen LogP contribution in [0.15, 0.2) is 60.4 Å². The van der Waals surface area contributed by atoms with Gasteiger partial charge in [-0.1, -0.05) is 19.1 Å². The molecule has 2 aromatic heterocycles. The van der Waals surface area contributed by atoms with Gasteiger partial charge in [0.2, 0.25) is 11.8 Å². The van der Waals surface area contributed by atoms with Gasteiger partial charge in [-0.25, -0.2) is 14.5 Å². The fourth-order valence-electron chi connectivity index (χ4n) is 5.21. The molecular weight excluding hydrogens is 589 g/mol. The predicted molar refractivity (Wildman–Crippen MR) is 176 cm³/mol. The molecule has 0 spiro atoms. The average molecular weight is 634 g/mol. The molecule has 0 bridgehead atoms. The minimum atomic E-state index is -1.65. The normalized spacial score (nSPS) is 15.8. The van der Waals surface area contributed by atoms with Crippen LogP contribution in [-0.2, 0) is 14.3 Å². The maximum atomic E-state index is 12.8. The number of pyridine rings is 1. The topological polar surface area (TPSA) is 148 Å². The number of nitrogens with one attached hydrogen (secondary N) is 1. The van der Waals surface area contributed by atoms with Crippen molar-refractivity contribution in [1.29, 1.82) is 0 Å². The third-order valence-electron chi connectivity index (χ3n) is 7.46. The van der Waals surface area contributed by atoms with Crippen LogP contribution in [0.25, 0.3) is 16.5 Å². The molecule has 1 aromatic carbocycles. The van der Waals surface area contributed by atoms with E-state index in [1.807, 2.05) is 35.9 Å². The summed E-state index contributed by atoms with van der Waals surface area (Å²) < 4.78 is 19.2. The number of carbonyl (C=O) groups excluding carboxylic acids is 2. The summed E-state index contributed by atoms with van der Waals surface area (Å²) >= 11 is 0. The fraction of sp³-hybridized carbons (Fsp3) is 0.455. The number of carbonyl (C=O) groups is 2. The molecule has 3 N–H and O–H groups in total. The van der Waals surface area contributed by atoms with Gasteiger partial charge < -0.3 is 34.5 Å². The number of nitrogens with zero attached hydrogens (tertiary/aromatic N) is 4. The van der Waals surface area contributed by atoms with Crippen molar-refractivity contribution < 1.29 is 33.8 Å². The molecule has 4 rings (SSSR count). The highest BCUT2D eigenvalue weighted by molar-refractivity contribution is 6.52. The highest BCUT2D eigenvalue weighted by Crippen LogP contribution is 2.33. The Balaban J connectivity index is 1.51. The van der Waals surface area contributed by atoms with Crippen molar-refractivity contribution in [3.8, 4) is 5.88 Å². The Hall–Kier alpha value is -4.20. The highest BCUT2D eigenvalue weighted by Gasteiger charge is 2.24. The highest BCUT2D eigenvalue weighted by atomic mass is 16.6. The molecule has 1 atom stereocenters. The quantitative estimate of drug-likeness (QED) is 0.196. The van der Waals surface area contributed by atoms with Crippen LogP contribution in [0.5, 0.6) is 5.88 Å². The summed E-state index contributed by atoms with van der Waals surface area (Å²) in [4.78, 5) is 30.2. The van der Waals surface area contributed by atoms with E-state index in [2.05, 4.69) is 15.4 Å². The first-order valence-corrected chi connectivity index (χ1v) is 15.6. The fourth-order valence-corrected chi connectivity index (χ4v) is 5.21. The lowest BCUT2D eigenvalue weighted by Gasteiger charge is -2.26. The number of rotatable bonds is 12. The van der Waals surface area contributed by atoms with Gasteiger partial charge in [0, 0.05) is 49.5 Å². The third-order valence-corrected chi connectivity index (χ3v) is 7.46. The zero-order valence-corrected chi connectivity index (χ0v) is 27.2. The van der Waals surface area contributed by atoms with Crippen LogP contribution in [0.2, 0.25) is 0 Å². The number of ether oxygens (including phenoxy) is 3. The second kappa shape index (κ2) is 15.9. The van der Waals surface area contributed by atoms with Gasteiger partial charge in [-0.05, 0) is 81.3 Å². The van der Waals surface area contributed by atoms with Gasteiger partial charge in [-0.2, -0.15) is 5.10 Å². The van der Waals surface area contributed by atoms with Crippen LogP contribution in [0, 0.1) is 0 Å². The third kappa shape index (κ3) is 9.18. The zero-order chi connectivity index (χ0) is 33.3. The molecule has 1 saturated heterocycles. The second-order valence-corrected chi connectivity index (χ2v) is 12.0. The molecule has 1 fully saturated rings. The van der Waals surface area contributed by atoms with E-state index in [-0.39, 0.29) is 31.8 Å². The molecule has 46 heavy (non-hydrogen) atoms. The van der Waals surface area contributed by atoms with E-state index < -0.39 is 18.8 Å². The van der Waals surface area contributed by atoms with Crippen molar-refractivity contribution in [2.45, 2.75) is 65.2 Å². The predicted octanol–water partition coefficient (Wildman–Crippen LogP) is 4.27. The van der Waals surface area contributed by atoms with Crippen LogP contribution in [0.4, 0.5) is 4.79 Å². The SMILES string of the molecule is CC/C(B(O)O)=C(/c1ccc(OCCN(C/C=C/C(=O)NC)C(=O)OC(C)(C)C)nc1)c1ccc2c(cnn2C2CCCCO2)c1. The van der Waals surface area contributed by atoms with Crippen LogP contribution in [0.3, 0.4) is 0 Å². The van der Waals surface area contributed by atoms with Crippen molar-refractivity contribution in [3.63, 3.8) is 0 Å². The van der Waals surface area contributed by atoms with Crippen molar-refractivity contribution >= 4 is 35.6 Å². The second-order valence-electron chi connectivity index (χ2n) is 12.0. The van der Waals surface area contributed by atoms with Crippen LogP contribution in [-0.4, -0.2) is 87.8 Å². The number of aromatic nitrogens is 3. The molecule has 13 heteroatoms. The van der Waals surface area contributed by atoms with E-state index in [0.717, 1.165) is 42.3 Å². The van der Waals surface area contributed by atoms with Gasteiger partial charge in [0.15, 0.2) is 6.23 Å². The van der Waals surface area contributed by atoms with E-state index in [1.54, 1.807) is 45.3 Å². The summed E-state index contributed by atoms with van der Waals surface area (Å²) in [6.45, 7) is 8.42. The van der Waals surface area contributed by atoms with E-state index in [0.29, 0.717) is 28.9 Å². The maximum absolute atomic E-state index is 12.8. The minimum Gasteiger partial charge on any atom is -0.476 e. The molecule has 1 aliphatic rings. The van der Waals surface area contributed by atoms with Gasteiger partial charge in [0.25, 0.3) is 0 Å². The summed E-state index contributed by atoms with van der Waals surface area (Å²) in [5.41, 5.74) is 2.88. The molecule has 12 nitrogen and oxygen atoms in total. The average Bonchev–Trinajstić information content (AvgIpc) is 3.46. The van der Waals surface area contributed by atoms with Crippen LogP contribution < -0.4 is 10.1 Å². The Morgan fingerprint density at radius 2 is 1.96 bits per heavy atom. The molecule has 3 heterocycles. The van der Waals surface area contributed by atoms with E-state index in [9.17, 15) is 19.6 Å². The summed E-state index contributed by atoms with van der Waals surface area (Å²) in [7, 11) is -0.124. The van der Waals surface area contributed by atoms with Crippen molar-refractivity contribution in [2.75, 3.05) is 33.4 Å². The monoisotopic (exact) mass is 633 g/mol. The Kier molecular flexibility index (Phi) is 12.0. The number of allylic oxidation sites excluding steroid dienone is 1. The number of likely N-dealkylation sites (N-methyl/N-ethyl adjacent to an activating group) is 1. The number of fused-ring (bicyclic) bond motifs is 1. The molecular formula is C33H44BN5O7. The van der Waals surface area contributed by atoms with Crippen LogP contribution >= 0.6 is 0 Å². The number of amides is 2. The first kappa shape index (κ1) is 34.7. The van der Waals surface area contributed by atoms with Crippen molar-refractivity contribution in [3.05, 3.63) is 71.5 Å². The Labute approximate surface area is 270 Å². The summed E-state index contributed by atoms with van der Waals surface area (Å²) in [5, 5.41) is 28.6. The van der Waals surface area contributed by atoms with Gasteiger partial charge in [0.05, 0.1) is 18.3 Å². The van der Waals surface area contributed by atoms with Crippen molar-refractivity contribution in [2.24, 2.45) is 0 Å². The molecule has 0 aliphatic carbocycles. The first-order valence-electron chi connectivity index (χ1n) is 15.6. The smallest absolute Gasteiger partial charge is 0.476 e. The lowest BCUT2D eigenvalue weighted by Crippen LogP contribution is -2.39. The van der Waals surface area contributed by atoms with E-state index >= 15 is 0 Å². The lowest BCUT2D eigenvalue weighted by molar-refractivity contribution is -0.116. The minimum absolute atomic E-state index is 0.0930. The number of hydrogen-bond acceptors (Lipinski definition) is 9. The summed E-state index contributed by atoms with van der Waals surface area (Å²) in [6, 6.07) is 9.44. The molecule has 1 unspecified atom stereocenters. The summed E-state index contributed by atoms with van der Waals surface area (Å²) in [6.07, 6.45) is 9.21. The molecule has 246 valence electrons. The molecule has 1 aliphatic heterocycles. The maximum Gasteiger partial charge on any atom is 0.484 e. The first-order chi connectivity index (χ1) is 22.0.